The van der Waals surface area contributed by atoms with Gasteiger partial charge in [0, 0.05) is 29.9 Å². The van der Waals surface area contributed by atoms with Crippen LogP contribution < -0.4 is 20.5 Å². The Labute approximate surface area is 154 Å². The van der Waals surface area contributed by atoms with Gasteiger partial charge in [-0.1, -0.05) is 11.6 Å². The molecule has 26 heavy (non-hydrogen) atoms. The van der Waals surface area contributed by atoms with Gasteiger partial charge in [-0.05, 0) is 20.8 Å². The number of amides is 2. The highest BCUT2D eigenvalue weighted by molar-refractivity contribution is 6.32. The number of nitrogens with one attached hydrogen (secondary N) is 1. The molecule has 0 fully saturated rings. The summed E-state index contributed by atoms with van der Waals surface area (Å²) in [6, 6.07) is 3.49. The molecular weight excluding hydrogens is 367 g/mol. The molecule has 0 radical (unpaired) electrons. The van der Waals surface area contributed by atoms with Gasteiger partial charge in [0.1, 0.15) is 6.54 Å². The van der Waals surface area contributed by atoms with E-state index in [1.165, 1.54) is 16.9 Å². The third kappa shape index (κ3) is 5.62. The first-order chi connectivity index (χ1) is 12.0. The Morgan fingerprint density at radius 3 is 2.65 bits per heavy atom. The van der Waals surface area contributed by atoms with Crippen molar-refractivity contribution in [3.63, 3.8) is 0 Å². The highest BCUT2D eigenvalue weighted by Crippen LogP contribution is 2.34. The number of primary amides is 1. The molecule has 0 bridgehead atoms. The van der Waals surface area contributed by atoms with Crippen LogP contribution in [-0.2, 0) is 11.3 Å². The van der Waals surface area contributed by atoms with E-state index in [-0.39, 0.29) is 34.6 Å². The van der Waals surface area contributed by atoms with Crippen molar-refractivity contribution in [1.29, 1.82) is 0 Å². The number of hydrogen-bond donors (Lipinski definition) is 2. The molecule has 0 saturated carbocycles. The van der Waals surface area contributed by atoms with Crippen molar-refractivity contribution in [2.75, 3.05) is 0 Å². The van der Waals surface area contributed by atoms with Gasteiger partial charge in [-0.25, -0.2) is 9.18 Å². The molecule has 0 spiro atoms. The zero-order valence-electron chi connectivity index (χ0n) is 14.4. The quantitative estimate of drug-likeness (QED) is 0.823. The second kappa shape index (κ2) is 7.61. The zero-order chi connectivity index (χ0) is 19.5. The number of nitrogens with zero attached hydrogens (tertiary/aromatic N) is 2. The first-order valence-electron chi connectivity index (χ1n) is 7.52. The van der Waals surface area contributed by atoms with Gasteiger partial charge in [-0.15, -0.1) is 5.10 Å². The Morgan fingerprint density at radius 1 is 1.35 bits per heavy atom. The van der Waals surface area contributed by atoms with Crippen LogP contribution in [-0.4, -0.2) is 27.3 Å². The van der Waals surface area contributed by atoms with Gasteiger partial charge >= 0.3 is 6.09 Å². The van der Waals surface area contributed by atoms with Gasteiger partial charge in [0.15, 0.2) is 17.3 Å². The fourth-order valence-electron chi connectivity index (χ4n) is 1.98. The summed E-state index contributed by atoms with van der Waals surface area (Å²) in [4.78, 5) is 22.6. The Balaban J connectivity index is 2.08. The molecule has 2 aromatic rings. The standard InChI is InChI=1S/C16H18ClFN4O4/c1-16(2,3)20-13(23)8-22-5-4-14(21-22)25-11-7-10(18)12(6-9(11)17)26-15(19)24/h4-7H,8H2,1-3H3,(H2,19,24)(H,20,23). The topological polar surface area (TPSA) is 108 Å². The maximum atomic E-state index is 13.9. The number of nitrogens with two attached hydrogens (primary N) is 1. The van der Waals surface area contributed by atoms with Gasteiger partial charge < -0.3 is 20.5 Å². The molecule has 10 heteroatoms. The lowest BCUT2D eigenvalue weighted by molar-refractivity contribution is -0.123. The van der Waals surface area contributed by atoms with Crippen LogP contribution >= 0.6 is 11.6 Å². The smallest absolute Gasteiger partial charge is 0.410 e. The van der Waals surface area contributed by atoms with Gasteiger partial charge in [0.2, 0.25) is 11.8 Å². The molecule has 140 valence electrons. The fourth-order valence-corrected chi connectivity index (χ4v) is 2.17. The highest BCUT2D eigenvalue weighted by Gasteiger charge is 2.16. The van der Waals surface area contributed by atoms with E-state index in [0.717, 1.165) is 12.1 Å². The molecule has 1 heterocycles. The lowest BCUT2D eigenvalue weighted by atomic mass is 10.1. The molecule has 2 rings (SSSR count). The van der Waals surface area contributed by atoms with Crippen molar-refractivity contribution in [3.05, 3.63) is 35.2 Å². The summed E-state index contributed by atoms with van der Waals surface area (Å²) in [6.45, 7) is 5.59. The molecule has 0 unspecified atom stereocenters. The van der Waals surface area contributed by atoms with E-state index in [4.69, 9.17) is 22.1 Å². The molecule has 2 amide bonds. The minimum absolute atomic E-state index is 0.00584. The van der Waals surface area contributed by atoms with E-state index in [0.29, 0.717) is 0 Å². The normalized spacial score (nSPS) is 11.1. The number of carbonyl (C=O) groups is 2. The molecule has 0 aliphatic heterocycles. The second-order valence-electron chi connectivity index (χ2n) is 6.39. The van der Waals surface area contributed by atoms with E-state index >= 15 is 0 Å². The highest BCUT2D eigenvalue weighted by atomic mass is 35.5. The lowest BCUT2D eigenvalue weighted by Gasteiger charge is -2.20. The molecule has 1 aromatic carbocycles. The van der Waals surface area contributed by atoms with Crippen LogP contribution in [0, 0.1) is 5.82 Å². The average molecular weight is 385 g/mol. The van der Waals surface area contributed by atoms with Crippen molar-refractivity contribution in [2.45, 2.75) is 32.9 Å². The number of halogens is 2. The average Bonchev–Trinajstić information content (AvgIpc) is 2.88. The minimum atomic E-state index is -1.17. The summed E-state index contributed by atoms with van der Waals surface area (Å²) in [5.74, 6) is -1.44. The van der Waals surface area contributed by atoms with Crippen LogP contribution in [0.15, 0.2) is 24.4 Å². The van der Waals surface area contributed by atoms with Gasteiger partial charge in [-0.3, -0.25) is 9.48 Å². The van der Waals surface area contributed by atoms with Crippen LogP contribution in [0.2, 0.25) is 5.02 Å². The Morgan fingerprint density at radius 2 is 2.04 bits per heavy atom. The summed E-state index contributed by atoms with van der Waals surface area (Å²) >= 11 is 5.98. The van der Waals surface area contributed by atoms with Crippen LogP contribution in [0.4, 0.5) is 9.18 Å². The Hall–Kier alpha value is -2.81. The van der Waals surface area contributed by atoms with Crippen LogP contribution in [0.5, 0.6) is 17.4 Å². The van der Waals surface area contributed by atoms with E-state index < -0.39 is 17.7 Å². The van der Waals surface area contributed by atoms with E-state index in [1.54, 1.807) is 0 Å². The van der Waals surface area contributed by atoms with Crippen LogP contribution in [0.25, 0.3) is 0 Å². The number of hydrogen-bond acceptors (Lipinski definition) is 5. The lowest BCUT2D eigenvalue weighted by Crippen LogP contribution is -2.42. The maximum Gasteiger partial charge on any atom is 0.410 e. The second-order valence-corrected chi connectivity index (χ2v) is 6.79. The molecule has 0 atom stereocenters. The molecule has 3 N–H and O–H groups in total. The Bertz CT molecular complexity index is 832. The summed E-state index contributed by atoms with van der Waals surface area (Å²) < 4.78 is 25.1. The number of benzene rings is 1. The van der Waals surface area contributed by atoms with Gasteiger partial charge in [0.05, 0.1) is 5.02 Å². The zero-order valence-corrected chi connectivity index (χ0v) is 15.1. The van der Waals surface area contributed by atoms with Crippen molar-refractivity contribution in [2.24, 2.45) is 5.73 Å². The van der Waals surface area contributed by atoms with Gasteiger partial charge in [0.25, 0.3) is 0 Å². The number of carbonyl (C=O) groups excluding carboxylic acids is 2. The molecule has 1 aromatic heterocycles. The van der Waals surface area contributed by atoms with E-state index in [1.807, 2.05) is 20.8 Å². The SMILES string of the molecule is CC(C)(C)NC(=O)Cn1ccc(Oc2cc(F)c(OC(N)=O)cc2Cl)n1. The summed E-state index contributed by atoms with van der Waals surface area (Å²) in [5, 5.41) is 6.85. The molecule has 0 aliphatic carbocycles. The first-order valence-corrected chi connectivity index (χ1v) is 7.90. The largest absolute Gasteiger partial charge is 0.436 e. The van der Waals surface area contributed by atoms with Crippen LogP contribution in [0.1, 0.15) is 20.8 Å². The first kappa shape index (κ1) is 19.5. The van der Waals surface area contributed by atoms with Gasteiger partial charge in [-0.2, -0.15) is 0 Å². The summed E-state index contributed by atoms with van der Waals surface area (Å²) in [7, 11) is 0. The summed E-state index contributed by atoms with van der Waals surface area (Å²) in [5.41, 5.74) is 4.48. The minimum Gasteiger partial charge on any atom is -0.436 e. The van der Waals surface area contributed by atoms with Crippen molar-refractivity contribution < 1.29 is 23.5 Å². The van der Waals surface area contributed by atoms with Crippen LogP contribution in [0.3, 0.4) is 0 Å². The van der Waals surface area contributed by atoms with Crippen molar-refractivity contribution >= 4 is 23.6 Å². The van der Waals surface area contributed by atoms with Crippen molar-refractivity contribution in [1.82, 2.24) is 15.1 Å². The molecule has 8 nitrogen and oxygen atoms in total. The maximum absolute atomic E-state index is 13.9. The summed E-state index contributed by atoms with van der Waals surface area (Å²) in [6.07, 6.45) is 0.368. The third-order valence-corrected chi connectivity index (χ3v) is 3.14. The Kier molecular flexibility index (Phi) is 5.71. The molecule has 0 aliphatic rings. The van der Waals surface area contributed by atoms with E-state index in [9.17, 15) is 14.0 Å². The fraction of sp³-hybridized carbons (Fsp3) is 0.312. The predicted molar refractivity (Wildman–Crippen MR) is 91.8 cm³/mol. The molecular formula is C16H18ClFN4O4. The van der Waals surface area contributed by atoms with Crippen molar-refractivity contribution in [3.8, 4) is 17.4 Å². The number of ether oxygens (including phenoxy) is 2. The molecule has 0 saturated heterocycles. The predicted octanol–water partition coefficient (Wildman–Crippen LogP) is 2.84. The monoisotopic (exact) mass is 384 g/mol. The third-order valence-electron chi connectivity index (χ3n) is 2.85. The van der Waals surface area contributed by atoms with E-state index in [2.05, 4.69) is 15.2 Å². The number of aromatic nitrogens is 2. The number of rotatable bonds is 5.